The van der Waals surface area contributed by atoms with E-state index in [4.69, 9.17) is 9.26 Å². The van der Waals surface area contributed by atoms with E-state index in [0.717, 1.165) is 12.8 Å². The van der Waals surface area contributed by atoms with Crippen LogP contribution in [0, 0.1) is 5.41 Å². The topological polar surface area (TPSA) is 73.9 Å². The maximum absolute atomic E-state index is 12.9. The van der Waals surface area contributed by atoms with Gasteiger partial charge in [-0.25, -0.2) is 4.79 Å². The first-order chi connectivity index (χ1) is 14.6. The maximum atomic E-state index is 12.9. The molecule has 32 heavy (non-hydrogen) atoms. The van der Waals surface area contributed by atoms with E-state index < -0.39 is 19.7 Å². The van der Waals surface area contributed by atoms with Crippen molar-refractivity contribution < 1.29 is 18.6 Å². The molecule has 2 unspecified atom stereocenters. The predicted molar refractivity (Wildman–Crippen MR) is 132 cm³/mol. The molecule has 1 aromatic rings. The number of carbonyl (C=O) groups is 1. The van der Waals surface area contributed by atoms with Gasteiger partial charge in [-0.2, -0.15) is 0 Å². The number of benzene rings is 1. The van der Waals surface area contributed by atoms with Crippen molar-refractivity contribution in [1.29, 1.82) is 0 Å². The van der Waals surface area contributed by atoms with Crippen LogP contribution in [-0.2, 0) is 20.6 Å². The zero-order valence-corrected chi connectivity index (χ0v) is 22.7. The highest BCUT2D eigenvalue weighted by Gasteiger charge is 2.59. The molecule has 1 saturated heterocycles. The molecule has 6 nitrogen and oxygen atoms in total. The summed E-state index contributed by atoms with van der Waals surface area (Å²) in [5.41, 5.74) is 0.438. The summed E-state index contributed by atoms with van der Waals surface area (Å²) in [6.45, 7) is 18.5. The molecular weight excluding hydrogens is 440 g/mol. The summed E-state index contributed by atoms with van der Waals surface area (Å²) in [6, 6.07) is 9.11. The van der Waals surface area contributed by atoms with Gasteiger partial charge < -0.3 is 13.8 Å². The molecule has 1 aliphatic heterocycles. The average molecular weight is 481 g/mol. The minimum Gasteiger partial charge on any atom is -0.598 e. The van der Waals surface area contributed by atoms with Gasteiger partial charge in [-0.3, -0.25) is 0 Å². The van der Waals surface area contributed by atoms with Gasteiger partial charge in [0, 0.05) is 36.0 Å². The van der Waals surface area contributed by atoms with E-state index >= 15 is 0 Å². The molecule has 1 spiro atoms. The van der Waals surface area contributed by atoms with Gasteiger partial charge in [-0.05, 0) is 63.9 Å². The SMILES string of the molecule is CC(C)(C)[S+]([O-])N[C@@H]1CC(O[Si](C)(C)C(C)(C)C)CC12CN(OC(=O)c1ccccc1)C2. The number of nitrogens with one attached hydrogen (secondary N) is 1. The van der Waals surface area contributed by atoms with E-state index in [-0.39, 0.29) is 33.3 Å². The highest BCUT2D eigenvalue weighted by atomic mass is 32.2. The van der Waals surface area contributed by atoms with E-state index in [1.54, 1.807) is 17.2 Å². The van der Waals surface area contributed by atoms with Crippen LogP contribution in [0.3, 0.4) is 0 Å². The zero-order valence-electron chi connectivity index (χ0n) is 20.9. The fraction of sp³-hybridized carbons (Fsp3) is 0.708. The van der Waals surface area contributed by atoms with Crippen molar-refractivity contribution in [2.24, 2.45) is 5.41 Å². The Morgan fingerprint density at radius 2 is 1.75 bits per heavy atom. The van der Waals surface area contributed by atoms with Gasteiger partial charge in [0.2, 0.25) is 0 Å². The Labute approximate surface area is 197 Å². The van der Waals surface area contributed by atoms with Crippen molar-refractivity contribution in [3.63, 3.8) is 0 Å². The number of nitrogens with zero attached hydrogens (tertiary/aromatic N) is 1. The van der Waals surface area contributed by atoms with Gasteiger partial charge in [0.15, 0.2) is 8.32 Å². The van der Waals surface area contributed by atoms with Crippen LogP contribution >= 0.6 is 0 Å². The van der Waals surface area contributed by atoms with E-state index in [1.807, 2.05) is 39.0 Å². The number of hydrogen-bond acceptors (Lipinski definition) is 6. The van der Waals surface area contributed by atoms with Gasteiger partial charge in [-0.15, -0.1) is 9.79 Å². The molecule has 1 saturated carbocycles. The monoisotopic (exact) mass is 480 g/mol. The van der Waals surface area contributed by atoms with Crippen LogP contribution in [0.2, 0.25) is 18.1 Å². The highest BCUT2D eigenvalue weighted by molar-refractivity contribution is 7.90. The maximum Gasteiger partial charge on any atom is 0.357 e. The van der Waals surface area contributed by atoms with Gasteiger partial charge >= 0.3 is 5.97 Å². The van der Waals surface area contributed by atoms with E-state index in [9.17, 15) is 9.35 Å². The summed E-state index contributed by atoms with van der Waals surface area (Å²) >= 11 is -1.17. The van der Waals surface area contributed by atoms with E-state index in [0.29, 0.717) is 18.7 Å². The lowest BCUT2D eigenvalue weighted by Crippen LogP contribution is -2.64. The predicted octanol–water partition coefficient (Wildman–Crippen LogP) is 4.67. The third kappa shape index (κ3) is 5.59. The Kier molecular flexibility index (Phi) is 7.26. The summed E-state index contributed by atoms with van der Waals surface area (Å²) in [5.74, 6) is -0.338. The Morgan fingerprint density at radius 3 is 2.28 bits per heavy atom. The van der Waals surface area contributed by atoms with Crippen molar-refractivity contribution in [3.8, 4) is 0 Å². The minimum absolute atomic E-state index is 0.0593. The fourth-order valence-corrected chi connectivity index (χ4v) is 6.49. The second-order valence-corrected chi connectivity index (χ2v) is 18.7. The standard InChI is InChI=1S/C24H40N2O4SSi/c1-22(2,3)31(28)25-20-14-19(30-32(7,8)23(4,5)6)15-24(20)16-26(17-24)29-21(27)18-12-10-9-11-13-18/h9-13,19-20,25H,14-17H2,1-8H3/t19?,20-,31?/m1/s1. The molecule has 2 aliphatic rings. The number of rotatable bonds is 6. The first-order valence-electron chi connectivity index (χ1n) is 11.5. The van der Waals surface area contributed by atoms with Crippen LogP contribution in [0.4, 0.5) is 0 Å². The van der Waals surface area contributed by atoms with Crippen molar-refractivity contribution in [2.75, 3.05) is 13.1 Å². The molecule has 3 rings (SSSR count). The molecule has 0 bridgehead atoms. The molecule has 1 N–H and O–H groups in total. The van der Waals surface area contributed by atoms with Crippen molar-refractivity contribution >= 4 is 25.6 Å². The molecular formula is C24H40N2O4SSi. The Bertz CT molecular complexity index is 800. The van der Waals surface area contributed by atoms with Crippen LogP contribution < -0.4 is 4.72 Å². The number of hydroxylamine groups is 2. The summed E-state index contributed by atoms with van der Waals surface area (Å²) in [7, 11) is -1.92. The molecule has 0 aromatic heterocycles. The van der Waals surface area contributed by atoms with Crippen LogP contribution in [0.15, 0.2) is 30.3 Å². The van der Waals surface area contributed by atoms with E-state index in [1.165, 1.54) is 0 Å². The highest BCUT2D eigenvalue weighted by Crippen LogP contribution is 2.49. The Hall–Kier alpha value is -0.903. The third-order valence-corrected chi connectivity index (χ3v) is 13.3. The lowest BCUT2D eigenvalue weighted by molar-refractivity contribution is -0.213. The van der Waals surface area contributed by atoms with Gasteiger partial charge in [0.05, 0.1) is 11.6 Å². The second-order valence-electron chi connectivity index (χ2n) is 11.9. The minimum atomic E-state index is -1.92. The van der Waals surface area contributed by atoms with Gasteiger partial charge in [-0.1, -0.05) is 39.0 Å². The number of carbonyl (C=O) groups excluding carboxylic acids is 1. The first-order valence-corrected chi connectivity index (χ1v) is 15.6. The average Bonchev–Trinajstić information content (AvgIpc) is 2.97. The van der Waals surface area contributed by atoms with Crippen LogP contribution in [-0.4, -0.2) is 53.9 Å². The third-order valence-electron chi connectivity index (χ3n) is 7.15. The molecule has 1 aromatic carbocycles. The zero-order chi connectivity index (χ0) is 23.9. The molecule has 1 heterocycles. The number of hydrogen-bond donors (Lipinski definition) is 1. The van der Waals surface area contributed by atoms with E-state index in [2.05, 4.69) is 38.6 Å². The molecule has 1 aliphatic carbocycles. The lowest BCUT2D eigenvalue weighted by Gasteiger charge is -2.49. The largest absolute Gasteiger partial charge is 0.598 e. The van der Waals surface area contributed by atoms with Crippen LogP contribution in [0.25, 0.3) is 0 Å². The first kappa shape index (κ1) is 25.7. The summed E-state index contributed by atoms with van der Waals surface area (Å²) < 4.78 is 22.7. The van der Waals surface area contributed by atoms with Crippen LogP contribution in [0.1, 0.15) is 64.7 Å². The molecule has 180 valence electrons. The summed E-state index contributed by atoms with van der Waals surface area (Å²) in [5, 5.41) is 1.87. The van der Waals surface area contributed by atoms with Crippen molar-refractivity contribution in [1.82, 2.24) is 9.79 Å². The molecule has 0 amide bonds. The molecule has 8 heteroatoms. The smallest absolute Gasteiger partial charge is 0.357 e. The normalized spacial score (nSPS) is 24.9. The van der Waals surface area contributed by atoms with Gasteiger partial charge in [0.25, 0.3) is 0 Å². The summed E-state index contributed by atoms with van der Waals surface area (Å²) in [6.07, 6.45) is 1.84. The van der Waals surface area contributed by atoms with Gasteiger partial charge in [0.1, 0.15) is 4.75 Å². The quantitative estimate of drug-likeness (QED) is 0.471. The van der Waals surface area contributed by atoms with Crippen molar-refractivity contribution in [3.05, 3.63) is 35.9 Å². The fourth-order valence-electron chi connectivity index (χ4n) is 4.17. The van der Waals surface area contributed by atoms with Crippen LogP contribution in [0.5, 0.6) is 0 Å². The Morgan fingerprint density at radius 1 is 1.16 bits per heavy atom. The summed E-state index contributed by atoms with van der Waals surface area (Å²) in [4.78, 5) is 18.1. The molecule has 2 fully saturated rings. The second kappa shape index (κ2) is 9.04. The Balaban J connectivity index is 1.69. The molecule has 0 radical (unpaired) electrons. The molecule has 3 atom stereocenters. The van der Waals surface area contributed by atoms with Crippen molar-refractivity contribution in [2.45, 2.75) is 89.4 Å². The lowest BCUT2D eigenvalue weighted by atomic mass is 9.76.